The van der Waals surface area contributed by atoms with Crippen LogP contribution in [-0.4, -0.2) is 22.3 Å². The molecule has 20 heavy (non-hydrogen) atoms. The summed E-state index contributed by atoms with van der Waals surface area (Å²) in [6.45, 7) is 0. The maximum Gasteiger partial charge on any atom is 0.247 e. The summed E-state index contributed by atoms with van der Waals surface area (Å²) >= 11 is 12.9. The molecule has 1 amide bonds. The lowest BCUT2D eigenvalue weighted by Crippen LogP contribution is -2.19. The lowest BCUT2D eigenvalue weighted by molar-refractivity contribution is -0.120. The van der Waals surface area contributed by atoms with E-state index >= 15 is 0 Å². The monoisotopic (exact) mass is 329 g/mol. The number of aromatic nitrogens is 2. The van der Waals surface area contributed by atoms with Crippen LogP contribution in [0.15, 0.2) is 23.3 Å². The fraction of sp³-hybridized carbons (Fsp3) is 0.0909. The second-order valence-corrected chi connectivity index (χ2v) is 5.61. The molecule has 1 aromatic carbocycles. The first kappa shape index (κ1) is 14.7. The van der Waals surface area contributed by atoms with Gasteiger partial charge in [0.2, 0.25) is 11.0 Å². The molecule has 0 aliphatic rings. The fourth-order valence-corrected chi connectivity index (χ4v) is 2.36. The summed E-state index contributed by atoms with van der Waals surface area (Å²) in [5.41, 5.74) is 8.43. The van der Waals surface area contributed by atoms with Gasteiger partial charge in [-0.3, -0.25) is 4.79 Å². The van der Waals surface area contributed by atoms with Crippen molar-refractivity contribution in [2.75, 3.05) is 5.73 Å². The molecule has 0 spiro atoms. The van der Waals surface area contributed by atoms with Crippen LogP contribution in [0.4, 0.5) is 5.13 Å². The predicted octanol–water partition coefficient (Wildman–Crippen LogP) is 2.12. The average molecular weight is 330 g/mol. The molecule has 9 heteroatoms. The van der Waals surface area contributed by atoms with E-state index in [0.717, 1.165) is 11.3 Å². The van der Waals surface area contributed by atoms with Gasteiger partial charge in [-0.05, 0) is 12.1 Å². The van der Waals surface area contributed by atoms with Crippen molar-refractivity contribution in [2.24, 2.45) is 5.10 Å². The van der Waals surface area contributed by atoms with Gasteiger partial charge in [0.25, 0.3) is 0 Å². The Kier molecular flexibility index (Phi) is 4.89. The molecule has 0 saturated carbocycles. The van der Waals surface area contributed by atoms with Gasteiger partial charge in [0.1, 0.15) is 5.01 Å². The van der Waals surface area contributed by atoms with Crippen molar-refractivity contribution in [1.29, 1.82) is 0 Å². The molecule has 0 atom stereocenters. The summed E-state index contributed by atoms with van der Waals surface area (Å²) in [6.07, 6.45) is 1.51. The number of hydrogen-bond acceptors (Lipinski definition) is 6. The van der Waals surface area contributed by atoms with E-state index in [9.17, 15) is 4.79 Å². The van der Waals surface area contributed by atoms with Crippen molar-refractivity contribution in [2.45, 2.75) is 6.42 Å². The topological polar surface area (TPSA) is 93.3 Å². The summed E-state index contributed by atoms with van der Waals surface area (Å²) in [6, 6.07) is 4.97. The molecule has 1 aromatic heterocycles. The zero-order chi connectivity index (χ0) is 14.5. The maximum absolute atomic E-state index is 11.6. The smallest absolute Gasteiger partial charge is 0.247 e. The highest BCUT2D eigenvalue weighted by atomic mass is 35.5. The van der Waals surface area contributed by atoms with Crippen LogP contribution < -0.4 is 11.2 Å². The number of anilines is 1. The third-order valence-electron chi connectivity index (χ3n) is 2.15. The number of rotatable bonds is 4. The number of nitrogens with zero attached hydrogens (tertiary/aromatic N) is 3. The molecule has 3 N–H and O–H groups in total. The van der Waals surface area contributed by atoms with E-state index in [1.807, 2.05) is 0 Å². The van der Waals surface area contributed by atoms with Crippen LogP contribution in [0.25, 0.3) is 0 Å². The van der Waals surface area contributed by atoms with Crippen LogP contribution in [0.1, 0.15) is 10.6 Å². The Morgan fingerprint density at radius 3 is 2.90 bits per heavy atom. The minimum Gasteiger partial charge on any atom is -0.374 e. The van der Waals surface area contributed by atoms with Gasteiger partial charge in [0.15, 0.2) is 0 Å². The number of nitrogen functional groups attached to an aromatic ring is 1. The standard InChI is InChI=1S/C11H9Cl2N5OS/c12-7-2-1-6(8(13)3-7)5-15-16-9(19)4-10-17-18-11(14)20-10/h1-3,5H,4H2,(H2,14,18)(H,16,19)/b15-5-. The first-order valence-corrected chi connectivity index (χ1v) is 6.96. The largest absolute Gasteiger partial charge is 0.374 e. The van der Waals surface area contributed by atoms with Crippen LogP contribution in [0.3, 0.4) is 0 Å². The molecular weight excluding hydrogens is 321 g/mol. The molecule has 2 aromatic rings. The molecule has 6 nitrogen and oxygen atoms in total. The normalized spacial score (nSPS) is 10.9. The number of amides is 1. The number of benzene rings is 1. The number of carbonyl (C=O) groups is 1. The number of nitrogens with two attached hydrogens (primary N) is 1. The van der Waals surface area contributed by atoms with Crippen LogP contribution in [0.2, 0.25) is 10.0 Å². The Morgan fingerprint density at radius 1 is 1.45 bits per heavy atom. The van der Waals surface area contributed by atoms with Crippen molar-refractivity contribution in [3.63, 3.8) is 0 Å². The highest BCUT2D eigenvalue weighted by Gasteiger charge is 2.07. The molecule has 2 rings (SSSR count). The molecular formula is C11H9Cl2N5OS. The van der Waals surface area contributed by atoms with Gasteiger partial charge in [-0.25, -0.2) is 5.43 Å². The summed E-state index contributed by atoms with van der Waals surface area (Å²) < 4.78 is 0. The van der Waals surface area contributed by atoms with Crippen molar-refractivity contribution in [3.8, 4) is 0 Å². The van der Waals surface area contributed by atoms with Crippen molar-refractivity contribution >= 4 is 51.8 Å². The van der Waals surface area contributed by atoms with Gasteiger partial charge in [0, 0.05) is 10.6 Å². The first-order chi connectivity index (χ1) is 9.54. The van der Waals surface area contributed by atoms with Crippen LogP contribution >= 0.6 is 34.5 Å². The summed E-state index contributed by atoms with van der Waals surface area (Å²) in [5.74, 6) is -0.317. The van der Waals surface area contributed by atoms with E-state index in [1.165, 1.54) is 6.21 Å². The molecule has 0 saturated heterocycles. The second kappa shape index (κ2) is 6.65. The quantitative estimate of drug-likeness (QED) is 0.663. The second-order valence-electron chi connectivity index (χ2n) is 3.67. The van der Waals surface area contributed by atoms with Gasteiger partial charge < -0.3 is 5.73 Å². The van der Waals surface area contributed by atoms with Crippen molar-refractivity contribution in [1.82, 2.24) is 15.6 Å². The predicted molar refractivity (Wildman–Crippen MR) is 80.2 cm³/mol. The molecule has 0 aliphatic heterocycles. The Hall–Kier alpha value is -1.70. The Labute approximate surface area is 128 Å². The Bertz CT molecular complexity index is 658. The lowest BCUT2D eigenvalue weighted by atomic mass is 10.2. The Morgan fingerprint density at radius 2 is 2.25 bits per heavy atom. The van der Waals surface area contributed by atoms with Crippen molar-refractivity contribution < 1.29 is 4.79 Å². The van der Waals surface area contributed by atoms with E-state index < -0.39 is 0 Å². The molecule has 1 heterocycles. The zero-order valence-electron chi connectivity index (χ0n) is 10.0. The van der Waals surface area contributed by atoms with Crippen LogP contribution in [0, 0.1) is 0 Å². The lowest BCUT2D eigenvalue weighted by Gasteiger charge is -1.99. The average Bonchev–Trinajstić information content (AvgIpc) is 2.77. The van der Waals surface area contributed by atoms with E-state index in [2.05, 4.69) is 20.7 Å². The van der Waals surface area contributed by atoms with E-state index in [0.29, 0.717) is 25.7 Å². The molecule has 0 radical (unpaired) electrons. The number of hydrogen-bond donors (Lipinski definition) is 2. The number of carbonyl (C=O) groups excluding carboxylic acids is 1. The maximum atomic E-state index is 11.6. The van der Waals surface area contributed by atoms with Crippen LogP contribution in [0.5, 0.6) is 0 Å². The number of halogens is 2. The minimum absolute atomic E-state index is 0.0700. The fourth-order valence-electron chi connectivity index (χ4n) is 1.29. The summed E-state index contributed by atoms with van der Waals surface area (Å²) in [4.78, 5) is 11.6. The first-order valence-electron chi connectivity index (χ1n) is 5.39. The van der Waals surface area contributed by atoms with Crippen molar-refractivity contribution in [3.05, 3.63) is 38.8 Å². The highest BCUT2D eigenvalue weighted by Crippen LogP contribution is 2.19. The van der Waals surface area contributed by atoms with Gasteiger partial charge in [-0.1, -0.05) is 40.6 Å². The third kappa shape index (κ3) is 4.16. The number of hydrazone groups is 1. The van der Waals surface area contributed by atoms with Gasteiger partial charge >= 0.3 is 0 Å². The molecule has 0 bridgehead atoms. The van der Waals surface area contributed by atoms with E-state index in [-0.39, 0.29) is 12.3 Å². The molecule has 0 fully saturated rings. The van der Waals surface area contributed by atoms with Gasteiger partial charge in [0.05, 0.1) is 17.7 Å². The van der Waals surface area contributed by atoms with E-state index in [1.54, 1.807) is 18.2 Å². The molecule has 104 valence electrons. The summed E-state index contributed by atoms with van der Waals surface area (Å²) in [5, 5.41) is 13.0. The number of nitrogens with one attached hydrogen (secondary N) is 1. The van der Waals surface area contributed by atoms with Crippen LogP contribution in [-0.2, 0) is 11.2 Å². The highest BCUT2D eigenvalue weighted by molar-refractivity contribution is 7.15. The van der Waals surface area contributed by atoms with Gasteiger partial charge in [-0.15, -0.1) is 10.2 Å². The SMILES string of the molecule is Nc1nnc(CC(=O)N/N=C\c2ccc(Cl)cc2Cl)s1. The zero-order valence-corrected chi connectivity index (χ0v) is 12.3. The molecule has 0 unspecified atom stereocenters. The minimum atomic E-state index is -0.317. The summed E-state index contributed by atoms with van der Waals surface area (Å²) in [7, 11) is 0. The molecule has 0 aliphatic carbocycles. The third-order valence-corrected chi connectivity index (χ3v) is 3.46. The van der Waals surface area contributed by atoms with E-state index in [4.69, 9.17) is 28.9 Å². The van der Waals surface area contributed by atoms with Gasteiger partial charge in [-0.2, -0.15) is 5.10 Å². The Balaban J connectivity index is 1.91.